The maximum absolute atomic E-state index is 11.8. The lowest BCUT2D eigenvalue weighted by Gasteiger charge is -2.28. The molecule has 0 aliphatic rings. The van der Waals surface area contributed by atoms with Crippen molar-refractivity contribution in [2.75, 3.05) is 20.8 Å². The summed E-state index contributed by atoms with van der Waals surface area (Å²) in [6.45, 7) is -1.24. The van der Waals surface area contributed by atoms with Gasteiger partial charge in [-0.15, -0.1) is 4.90 Å². The molecule has 0 atom stereocenters. The highest BCUT2D eigenvalue weighted by Gasteiger charge is 2.53. The summed E-state index contributed by atoms with van der Waals surface area (Å²) in [5.41, 5.74) is 0. The SMILES string of the molecule is CN(C)CN(C(F)(F)F)C(F)(F)F. The Morgan fingerprint density at radius 3 is 1.23 bits per heavy atom. The number of rotatable bonds is 2. The Morgan fingerprint density at radius 2 is 1.15 bits per heavy atom. The Kier molecular flexibility index (Phi) is 3.56. The zero-order valence-corrected chi connectivity index (χ0v) is 6.87. The molecular formula is C5H8F6N2. The molecule has 0 aromatic carbocycles. The fourth-order valence-electron chi connectivity index (χ4n) is 0.587. The molecule has 2 nitrogen and oxygen atoms in total. The van der Waals surface area contributed by atoms with Gasteiger partial charge in [0.2, 0.25) is 0 Å². The molecule has 0 aliphatic carbocycles. The van der Waals surface area contributed by atoms with Gasteiger partial charge in [0.05, 0.1) is 6.67 Å². The van der Waals surface area contributed by atoms with Crippen molar-refractivity contribution in [1.29, 1.82) is 0 Å². The smallest absolute Gasteiger partial charge is 0.296 e. The van der Waals surface area contributed by atoms with Gasteiger partial charge >= 0.3 is 12.6 Å². The minimum Gasteiger partial charge on any atom is -0.296 e. The molecule has 0 saturated carbocycles. The molecule has 0 N–H and O–H groups in total. The molecule has 0 aromatic heterocycles. The molecule has 0 fully saturated rings. The van der Waals surface area contributed by atoms with Crippen LogP contribution in [-0.2, 0) is 0 Å². The van der Waals surface area contributed by atoms with Crippen molar-refractivity contribution in [3.05, 3.63) is 0 Å². The van der Waals surface area contributed by atoms with E-state index in [1.165, 1.54) is 0 Å². The van der Waals surface area contributed by atoms with Crippen LogP contribution in [0.2, 0.25) is 0 Å². The number of hydrogen-bond donors (Lipinski definition) is 0. The average molecular weight is 210 g/mol. The van der Waals surface area contributed by atoms with Gasteiger partial charge in [-0.05, 0) is 14.1 Å². The van der Waals surface area contributed by atoms with Crippen molar-refractivity contribution in [1.82, 2.24) is 9.80 Å². The normalized spacial score (nSPS) is 14.3. The lowest BCUT2D eigenvalue weighted by molar-refractivity contribution is -0.379. The van der Waals surface area contributed by atoms with Gasteiger partial charge in [0.15, 0.2) is 0 Å². The summed E-state index contributed by atoms with van der Waals surface area (Å²) in [5, 5.41) is 0. The first-order chi connectivity index (χ1) is 5.55. The zero-order chi connectivity index (χ0) is 10.9. The molecule has 0 heterocycles. The van der Waals surface area contributed by atoms with E-state index in [1.54, 1.807) is 0 Å². The minimum absolute atomic E-state index is 0.779. The summed E-state index contributed by atoms with van der Waals surface area (Å²) >= 11 is 0. The van der Waals surface area contributed by atoms with Gasteiger partial charge in [-0.3, -0.25) is 4.90 Å². The van der Waals surface area contributed by atoms with Gasteiger partial charge in [-0.1, -0.05) is 0 Å². The van der Waals surface area contributed by atoms with E-state index >= 15 is 0 Å². The Morgan fingerprint density at radius 1 is 0.846 bits per heavy atom. The van der Waals surface area contributed by atoms with Crippen LogP contribution >= 0.6 is 0 Å². The van der Waals surface area contributed by atoms with Crippen LogP contribution in [0.3, 0.4) is 0 Å². The van der Waals surface area contributed by atoms with Gasteiger partial charge in [-0.2, -0.15) is 26.3 Å². The largest absolute Gasteiger partial charge is 0.468 e. The molecule has 0 aliphatic heterocycles. The minimum atomic E-state index is -5.40. The van der Waals surface area contributed by atoms with Crippen LogP contribution in [0, 0.1) is 0 Å². The lowest BCUT2D eigenvalue weighted by atomic mass is 10.7. The molecule has 8 heteroatoms. The highest BCUT2D eigenvalue weighted by molar-refractivity contribution is 4.61. The summed E-state index contributed by atoms with van der Waals surface area (Å²) in [6, 6.07) is 0. The highest BCUT2D eigenvalue weighted by Crippen LogP contribution is 2.32. The standard InChI is InChI=1S/C5H8F6N2/c1-12(2)3-13(4(6,7)8)5(9,10)11/h3H2,1-2H3. The van der Waals surface area contributed by atoms with Gasteiger partial charge in [0.1, 0.15) is 0 Å². The van der Waals surface area contributed by atoms with Gasteiger partial charge < -0.3 is 0 Å². The Bertz CT molecular complexity index is 145. The molecular weight excluding hydrogens is 202 g/mol. The van der Waals surface area contributed by atoms with Crippen LogP contribution in [0.15, 0.2) is 0 Å². The van der Waals surface area contributed by atoms with Crippen molar-refractivity contribution < 1.29 is 26.3 Å². The first-order valence-corrected chi connectivity index (χ1v) is 3.11. The van der Waals surface area contributed by atoms with Crippen molar-refractivity contribution >= 4 is 0 Å². The van der Waals surface area contributed by atoms with Crippen LogP contribution in [0.4, 0.5) is 26.3 Å². The molecule has 0 rings (SSSR count). The first kappa shape index (κ1) is 12.5. The van der Waals surface area contributed by atoms with E-state index in [1.807, 2.05) is 0 Å². The predicted octanol–water partition coefficient (Wildman–Crippen LogP) is 1.85. The van der Waals surface area contributed by atoms with Crippen molar-refractivity contribution in [3.63, 3.8) is 0 Å². The second-order valence-electron chi connectivity index (χ2n) is 2.58. The maximum Gasteiger partial charge on any atom is 0.468 e. The van der Waals surface area contributed by atoms with Gasteiger partial charge in [-0.25, -0.2) is 0 Å². The highest BCUT2D eigenvalue weighted by atomic mass is 19.4. The van der Waals surface area contributed by atoms with Gasteiger partial charge in [0.25, 0.3) is 0 Å². The summed E-state index contributed by atoms with van der Waals surface area (Å²) < 4.78 is 70.5. The first-order valence-electron chi connectivity index (χ1n) is 3.11. The summed E-state index contributed by atoms with van der Waals surface area (Å²) in [4.78, 5) is -0.721. The van der Waals surface area contributed by atoms with Crippen molar-refractivity contribution in [3.8, 4) is 0 Å². The predicted molar refractivity (Wildman–Crippen MR) is 32.5 cm³/mol. The third kappa shape index (κ3) is 4.32. The molecule has 0 amide bonds. The Labute approximate surface area is 70.7 Å². The van der Waals surface area contributed by atoms with Crippen LogP contribution < -0.4 is 0 Å². The molecule has 13 heavy (non-hydrogen) atoms. The van der Waals surface area contributed by atoms with E-state index in [4.69, 9.17) is 0 Å². The lowest BCUT2D eigenvalue weighted by Crippen LogP contribution is -2.51. The van der Waals surface area contributed by atoms with E-state index in [0.29, 0.717) is 0 Å². The fraction of sp³-hybridized carbons (Fsp3) is 1.00. The van der Waals surface area contributed by atoms with E-state index in [-0.39, 0.29) is 0 Å². The maximum atomic E-state index is 11.8. The number of nitrogens with zero attached hydrogens (tertiary/aromatic N) is 2. The number of hydrogen-bond acceptors (Lipinski definition) is 2. The second kappa shape index (κ2) is 3.70. The molecule has 0 radical (unpaired) electrons. The van der Waals surface area contributed by atoms with Crippen LogP contribution in [0.25, 0.3) is 0 Å². The number of alkyl halides is 6. The third-order valence-electron chi connectivity index (χ3n) is 1.04. The van der Waals surface area contributed by atoms with E-state index in [0.717, 1.165) is 19.0 Å². The topological polar surface area (TPSA) is 6.48 Å². The monoisotopic (exact) mass is 210 g/mol. The van der Waals surface area contributed by atoms with Crippen molar-refractivity contribution in [2.24, 2.45) is 0 Å². The van der Waals surface area contributed by atoms with Crippen LogP contribution in [0.5, 0.6) is 0 Å². The molecule has 0 aromatic rings. The second-order valence-corrected chi connectivity index (χ2v) is 2.58. The fourth-order valence-corrected chi connectivity index (χ4v) is 0.587. The Balaban J connectivity index is 4.58. The summed E-state index contributed by atoms with van der Waals surface area (Å²) in [5.74, 6) is 0. The Hall–Kier alpha value is -0.500. The zero-order valence-electron chi connectivity index (χ0n) is 6.87. The molecule has 0 unspecified atom stereocenters. The third-order valence-corrected chi connectivity index (χ3v) is 1.04. The van der Waals surface area contributed by atoms with Gasteiger partial charge in [0, 0.05) is 0 Å². The summed E-state index contributed by atoms with van der Waals surface area (Å²) in [6.07, 6.45) is -10.8. The van der Waals surface area contributed by atoms with Crippen LogP contribution in [-0.4, -0.2) is 43.2 Å². The number of halogens is 6. The quantitative estimate of drug-likeness (QED) is 0.390. The molecule has 0 spiro atoms. The summed E-state index contributed by atoms with van der Waals surface area (Å²) in [7, 11) is 2.23. The van der Waals surface area contributed by atoms with Crippen LogP contribution in [0.1, 0.15) is 0 Å². The average Bonchev–Trinajstić information content (AvgIpc) is 1.77. The van der Waals surface area contributed by atoms with E-state index < -0.39 is 24.2 Å². The van der Waals surface area contributed by atoms with E-state index in [2.05, 4.69) is 0 Å². The molecule has 0 bridgehead atoms. The van der Waals surface area contributed by atoms with E-state index in [9.17, 15) is 26.3 Å². The van der Waals surface area contributed by atoms with Crippen molar-refractivity contribution in [2.45, 2.75) is 12.6 Å². The molecule has 0 saturated heterocycles. The molecule has 80 valence electrons.